The van der Waals surface area contributed by atoms with E-state index in [4.69, 9.17) is 0 Å². The molecule has 3 saturated carbocycles. The smallest absolute Gasteiger partial charge is 0.329 e. The number of hydrogen-bond donors (Lipinski definition) is 2. The molecule has 1 amide bonds. The van der Waals surface area contributed by atoms with Crippen LogP contribution in [-0.2, 0) is 9.59 Å². The third-order valence-corrected chi connectivity index (χ3v) is 4.63. The summed E-state index contributed by atoms with van der Waals surface area (Å²) in [5.74, 6) is 0.565. The maximum absolute atomic E-state index is 12.0. The lowest BCUT2D eigenvalue weighted by Gasteiger charge is -2.25. The zero-order valence-electron chi connectivity index (χ0n) is 9.95. The number of carbonyl (C=O) groups is 2. The van der Waals surface area contributed by atoms with Crippen molar-refractivity contribution >= 4 is 11.9 Å². The van der Waals surface area contributed by atoms with Gasteiger partial charge in [0.15, 0.2) is 0 Å². The van der Waals surface area contributed by atoms with Crippen LogP contribution in [0.2, 0.25) is 0 Å². The summed E-state index contributed by atoms with van der Waals surface area (Å²) >= 11 is 0. The fourth-order valence-corrected chi connectivity index (χ4v) is 3.26. The Morgan fingerprint density at radius 2 is 1.82 bits per heavy atom. The lowest BCUT2D eigenvalue weighted by Crippen LogP contribution is -2.53. The minimum absolute atomic E-state index is 0.00815. The summed E-state index contributed by atoms with van der Waals surface area (Å²) in [6.07, 6.45) is 6.50. The highest BCUT2D eigenvalue weighted by molar-refractivity contribution is 5.89. The predicted molar refractivity (Wildman–Crippen MR) is 61.3 cm³/mol. The van der Waals surface area contributed by atoms with Crippen LogP contribution < -0.4 is 5.32 Å². The molecule has 0 bridgehead atoms. The number of carboxylic acids is 1. The van der Waals surface area contributed by atoms with Gasteiger partial charge in [-0.25, -0.2) is 4.79 Å². The number of nitrogens with one attached hydrogen (secondary N) is 1. The largest absolute Gasteiger partial charge is 0.480 e. The number of amides is 1. The van der Waals surface area contributed by atoms with Gasteiger partial charge in [0.1, 0.15) is 5.54 Å². The summed E-state index contributed by atoms with van der Waals surface area (Å²) in [7, 11) is 0. The summed E-state index contributed by atoms with van der Waals surface area (Å²) in [5.41, 5.74) is -0.951. The second kappa shape index (κ2) is 3.72. The zero-order valence-corrected chi connectivity index (χ0v) is 9.95. The highest BCUT2D eigenvalue weighted by Crippen LogP contribution is 2.54. The maximum Gasteiger partial charge on any atom is 0.329 e. The normalized spacial score (nSPS) is 34.4. The first kappa shape index (κ1) is 11.1. The summed E-state index contributed by atoms with van der Waals surface area (Å²) < 4.78 is 0. The van der Waals surface area contributed by atoms with E-state index in [1.807, 2.05) is 0 Å². The molecule has 0 aromatic rings. The van der Waals surface area contributed by atoms with E-state index in [2.05, 4.69) is 5.32 Å². The standard InChI is InChI=1S/C13H19NO3/c15-11(10-7-9(10)8-3-4-8)14-13(12(16)17)5-1-2-6-13/h8-10H,1-7H2,(H,14,15)(H,16,17). The quantitative estimate of drug-likeness (QED) is 0.779. The van der Waals surface area contributed by atoms with E-state index in [0.29, 0.717) is 18.8 Å². The number of carbonyl (C=O) groups excluding carboxylic acids is 1. The molecule has 0 spiro atoms. The molecule has 17 heavy (non-hydrogen) atoms. The summed E-state index contributed by atoms with van der Waals surface area (Å²) in [4.78, 5) is 23.4. The lowest BCUT2D eigenvalue weighted by molar-refractivity contribution is -0.147. The van der Waals surface area contributed by atoms with E-state index in [0.717, 1.165) is 25.2 Å². The Bertz CT molecular complexity index is 356. The average Bonchev–Trinajstić information content (AvgIpc) is 3.16. The van der Waals surface area contributed by atoms with Crippen LogP contribution in [0.4, 0.5) is 0 Å². The van der Waals surface area contributed by atoms with Crippen molar-refractivity contribution in [2.24, 2.45) is 17.8 Å². The first-order chi connectivity index (χ1) is 8.12. The number of hydrogen-bond acceptors (Lipinski definition) is 2. The molecule has 0 aliphatic heterocycles. The van der Waals surface area contributed by atoms with Crippen LogP contribution in [0.1, 0.15) is 44.9 Å². The molecular formula is C13H19NO3. The fourth-order valence-electron chi connectivity index (χ4n) is 3.26. The third-order valence-electron chi connectivity index (χ3n) is 4.63. The second-order valence-corrected chi connectivity index (χ2v) is 5.93. The van der Waals surface area contributed by atoms with Crippen molar-refractivity contribution in [3.63, 3.8) is 0 Å². The van der Waals surface area contributed by atoms with Gasteiger partial charge >= 0.3 is 5.97 Å². The van der Waals surface area contributed by atoms with Gasteiger partial charge in [-0.05, 0) is 43.9 Å². The van der Waals surface area contributed by atoms with Crippen molar-refractivity contribution in [2.75, 3.05) is 0 Å². The SMILES string of the molecule is O=C(NC1(C(=O)O)CCCC1)C1CC1C1CC1. The van der Waals surface area contributed by atoms with Crippen molar-refractivity contribution in [1.82, 2.24) is 5.32 Å². The average molecular weight is 237 g/mol. The molecule has 0 heterocycles. The van der Waals surface area contributed by atoms with Crippen molar-refractivity contribution in [3.8, 4) is 0 Å². The minimum atomic E-state index is -0.951. The molecule has 4 heteroatoms. The van der Waals surface area contributed by atoms with Gasteiger partial charge in [-0.1, -0.05) is 12.8 Å². The Morgan fingerprint density at radius 1 is 1.18 bits per heavy atom. The van der Waals surface area contributed by atoms with Crippen molar-refractivity contribution in [3.05, 3.63) is 0 Å². The molecular weight excluding hydrogens is 218 g/mol. The van der Waals surface area contributed by atoms with Crippen molar-refractivity contribution < 1.29 is 14.7 Å². The van der Waals surface area contributed by atoms with Crippen molar-refractivity contribution in [1.29, 1.82) is 0 Å². The lowest BCUT2D eigenvalue weighted by atomic mass is 9.97. The highest BCUT2D eigenvalue weighted by atomic mass is 16.4. The Labute approximate surface area is 101 Å². The van der Waals surface area contributed by atoms with Crippen LogP contribution in [0.3, 0.4) is 0 Å². The number of rotatable bonds is 4. The molecule has 94 valence electrons. The molecule has 0 radical (unpaired) electrons. The van der Waals surface area contributed by atoms with Crippen LogP contribution in [0.25, 0.3) is 0 Å². The molecule has 2 unspecified atom stereocenters. The first-order valence-corrected chi connectivity index (χ1v) is 6.68. The molecule has 0 aromatic heterocycles. The Kier molecular flexibility index (Phi) is 2.42. The summed E-state index contributed by atoms with van der Waals surface area (Å²) in [5, 5.41) is 12.1. The van der Waals surface area contributed by atoms with Crippen molar-refractivity contribution in [2.45, 2.75) is 50.5 Å². The van der Waals surface area contributed by atoms with E-state index >= 15 is 0 Å². The molecule has 2 atom stereocenters. The van der Waals surface area contributed by atoms with Crippen LogP contribution in [0, 0.1) is 17.8 Å². The predicted octanol–water partition coefficient (Wildman–Crippen LogP) is 1.55. The van der Waals surface area contributed by atoms with E-state index < -0.39 is 11.5 Å². The molecule has 0 aromatic carbocycles. The highest BCUT2D eigenvalue weighted by Gasteiger charge is 2.53. The van der Waals surface area contributed by atoms with E-state index in [-0.39, 0.29) is 11.8 Å². The van der Waals surface area contributed by atoms with Crippen LogP contribution >= 0.6 is 0 Å². The van der Waals surface area contributed by atoms with Gasteiger partial charge in [0.05, 0.1) is 0 Å². The number of carboxylic acid groups (broad SMARTS) is 1. The molecule has 3 rings (SSSR count). The third kappa shape index (κ3) is 1.94. The van der Waals surface area contributed by atoms with Gasteiger partial charge < -0.3 is 10.4 Å². The zero-order chi connectivity index (χ0) is 12.0. The van der Waals surface area contributed by atoms with Gasteiger partial charge in [0.25, 0.3) is 0 Å². The maximum atomic E-state index is 12.0. The topological polar surface area (TPSA) is 66.4 Å². The van der Waals surface area contributed by atoms with Gasteiger partial charge in [0.2, 0.25) is 5.91 Å². The monoisotopic (exact) mass is 237 g/mol. The van der Waals surface area contributed by atoms with E-state index in [1.54, 1.807) is 0 Å². The van der Waals surface area contributed by atoms with E-state index in [9.17, 15) is 14.7 Å². The van der Waals surface area contributed by atoms with Crippen LogP contribution in [-0.4, -0.2) is 22.5 Å². The first-order valence-electron chi connectivity index (χ1n) is 6.68. The molecule has 4 nitrogen and oxygen atoms in total. The fraction of sp³-hybridized carbons (Fsp3) is 0.846. The summed E-state index contributed by atoms with van der Waals surface area (Å²) in [6.45, 7) is 0. The van der Waals surface area contributed by atoms with Crippen LogP contribution in [0.15, 0.2) is 0 Å². The van der Waals surface area contributed by atoms with Gasteiger partial charge in [-0.3, -0.25) is 4.79 Å². The Balaban J connectivity index is 1.61. The van der Waals surface area contributed by atoms with Gasteiger partial charge in [-0.15, -0.1) is 0 Å². The Morgan fingerprint density at radius 3 is 2.35 bits per heavy atom. The Hall–Kier alpha value is -1.06. The molecule has 3 aliphatic rings. The second-order valence-electron chi connectivity index (χ2n) is 5.93. The van der Waals surface area contributed by atoms with Gasteiger partial charge in [0, 0.05) is 5.92 Å². The van der Waals surface area contributed by atoms with Gasteiger partial charge in [-0.2, -0.15) is 0 Å². The molecule has 3 fully saturated rings. The molecule has 2 N–H and O–H groups in total. The number of aliphatic carboxylic acids is 1. The van der Waals surface area contributed by atoms with Crippen LogP contribution in [0.5, 0.6) is 0 Å². The molecule has 3 aliphatic carbocycles. The minimum Gasteiger partial charge on any atom is -0.480 e. The molecule has 0 saturated heterocycles. The van der Waals surface area contributed by atoms with E-state index in [1.165, 1.54) is 12.8 Å². The summed E-state index contributed by atoms with van der Waals surface area (Å²) in [6, 6.07) is 0.